The van der Waals surface area contributed by atoms with Crippen LogP contribution in [0.4, 0.5) is 0 Å². The van der Waals surface area contributed by atoms with Crippen molar-refractivity contribution in [1.29, 1.82) is 0 Å². The van der Waals surface area contributed by atoms with Gasteiger partial charge in [-0.05, 0) is 87.9 Å². The summed E-state index contributed by atoms with van der Waals surface area (Å²) in [6, 6.07) is 11.0. The van der Waals surface area contributed by atoms with Gasteiger partial charge in [0, 0.05) is 23.0 Å². The molecule has 1 aromatic heterocycles. The highest BCUT2D eigenvalue weighted by atomic mass is 35.5. The van der Waals surface area contributed by atoms with E-state index < -0.39 is 11.7 Å². The van der Waals surface area contributed by atoms with Crippen LogP contribution < -0.4 is 10.4 Å². The quantitative estimate of drug-likeness (QED) is 0.422. The van der Waals surface area contributed by atoms with E-state index in [4.69, 9.17) is 20.8 Å². The lowest BCUT2D eigenvalue weighted by Crippen LogP contribution is -2.58. The van der Waals surface area contributed by atoms with E-state index in [1.165, 1.54) is 0 Å². The van der Waals surface area contributed by atoms with E-state index in [1.54, 1.807) is 13.8 Å². The third kappa shape index (κ3) is 4.66. The second kappa shape index (κ2) is 9.80. The molecular formula is C30H34ClNO5. The van der Waals surface area contributed by atoms with Gasteiger partial charge in [0.2, 0.25) is 0 Å². The highest BCUT2D eigenvalue weighted by Crippen LogP contribution is 2.49. The lowest BCUT2D eigenvalue weighted by molar-refractivity contribution is -0.161. The van der Waals surface area contributed by atoms with Crippen molar-refractivity contribution in [1.82, 2.24) is 4.90 Å². The Bertz CT molecular complexity index is 1400. The van der Waals surface area contributed by atoms with Gasteiger partial charge in [-0.15, -0.1) is 0 Å². The van der Waals surface area contributed by atoms with E-state index in [0.29, 0.717) is 40.3 Å². The number of aliphatic hydroxyl groups is 1. The first-order valence-corrected chi connectivity index (χ1v) is 13.5. The minimum absolute atomic E-state index is 0.0497. The van der Waals surface area contributed by atoms with E-state index in [1.807, 2.05) is 55.1 Å². The topological polar surface area (TPSA) is 80.0 Å². The third-order valence-electron chi connectivity index (χ3n) is 8.37. The largest absolute Gasteiger partial charge is 0.480 e. The van der Waals surface area contributed by atoms with E-state index in [0.717, 1.165) is 42.4 Å². The molecule has 2 fully saturated rings. The van der Waals surface area contributed by atoms with Gasteiger partial charge in [0.1, 0.15) is 11.3 Å². The lowest BCUT2D eigenvalue weighted by atomic mass is 9.66. The van der Waals surface area contributed by atoms with E-state index in [-0.39, 0.29) is 23.5 Å². The van der Waals surface area contributed by atoms with Gasteiger partial charge in [0.15, 0.2) is 6.10 Å². The van der Waals surface area contributed by atoms with E-state index in [2.05, 4.69) is 0 Å². The molecule has 2 heterocycles. The van der Waals surface area contributed by atoms with Gasteiger partial charge in [-0.1, -0.05) is 36.6 Å². The second-order valence-corrected chi connectivity index (χ2v) is 11.2. The van der Waals surface area contributed by atoms with E-state index >= 15 is 0 Å². The maximum Gasteiger partial charge on any atom is 0.339 e. The number of aryl methyl sites for hydroxylation is 2. The fraction of sp³-hybridized carbons (Fsp3) is 0.467. The molecule has 37 heavy (non-hydrogen) atoms. The number of nitrogens with zero attached hydrogens (tertiary/aromatic N) is 1. The number of hydrogen-bond donors (Lipinski definition) is 1. The van der Waals surface area contributed by atoms with E-state index in [9.17, 15) is 14.7 Å². The Balaban J connectivity index is 1.50. The summed E-state index contributed by atoms with van der Waals surface area (Å²) < 4.78 is 11.9. The molecule has 0 bridgehead atoms. The first kappa shape index (κ1) is 25.8. The Hall–Kier alpha value is -2.83. The van der Waals surface area contributed by atoms with Crippen LogP contribution >= 0.6 is 11.6 Å². The molecule has 1 aliphatic carbocycles. The SMILES string of the molecule is Cc1cc(O[C@@H](C)C(=O)N2CC[C@]3(O)CCCC[C@H]3[C@H]2c2ccc(Cl)cc2)c2c(C)c(C)c(=O)oc2c1. The summed E-state index contributed by atoms with van der Waals surface area (Å²) in [5.41, 5.74) is 2.46. The molecule has 5 rings (SSSR count). The fourth-order valence-corrected chi connectivity index (χ4v) is 6.38. The second-order valence-electron chi connectivity index (χ2n) is 10.8. The normalized spacial score (nSPS) is 24.5. The number of ether oxygens (including phenoxy) is 1. The summed E-state index contributed by atoms with van der Waals surface area (Å²) >= 11 is 6.17. The molecule has 0 unspecified atom stereocenters. The Labute approximate surface area is 222 Å². The minimum Gasteiger partial charge on any atom is -0.480 e. The summed E-state index contributed by atoms with van der Waals surface area (Å²) in [5.74, 6) is 0.342. The molecule has 0 radical (unpaired) electrons. The Kier molecular flexibility index (Phi) is 6.84. The van der Waals surface area contributed by atoms with Crippen molar-refractivity contribution in [2.75, 3.05) is 6.54 Å². The monoisotopic (exact) mass is 523 g/mol. The molecule has 6 nitrogen and oxygen atoms in total. The van der Waals surface area contributed by atoms with Gasteiger partial charge in [0.25, 0.3) is 5.91 Å². The number of amides is 1. The van der Waals surface area contributed by atoms with Crippen LogP contribution in [-0.4, -0.2) is 34.2 Å². The summed E-state index contributed by atoms with van der Waals surface area (Å²) in [5, 5.41) is 12.9. The van der Waals surface area contributed by atoms with Crippen molar-refractivity contribution in [2.45, 2.75) is 77.5 Å². The van der Waals surface area contributed by atoms with Crippen LogP contribution in [-0.2, 0) is 4.79 Å². The van der Waals surface area contributed by atoms with Crippen LogP contribution in [0, 0.1) is 26.7 Å². The summed E-state index contributed by atoms with van der Waals surface area (Å²) in [6.45, 7) is 7.72. The van der Waals surface area contributed by atoms with Crippen molar-refractivity contribution in [2.24, 2.45) is 5.92 Å². The molecule has 1 N–H and O–H groups in total. The standard InChI is InChI=1S/C30H34ClNO5/c1-17-15-24(26-18(2)19(3)29(34)37-25(26)16-17)36-20(4)28(33)32-14-13-30(35)12-6-5-7-23(30)27(32)21-8-10-22(31)11-9-21/h8-11,15-16,20,23,27,35H,5-7,12-14H2,1-4H3/t20-,23-,27+,30+/m0/s1. The number of piperidine rings is 1. The van der Waals surface area contributed by atoms with Crippen molar-refractivity contribution in [3.8, 4) is 5.75 Å². The van der Waals surface area contributed by atoms with Crippen molar-refractivity contribution in [3.63, 3.8) is 0 Å². The van der Waals surface area contributed by atoms with Gasteiger partial charge < -0.3 is 19.2 Å². The zero-order valence-electron chi connectivity index (χ0n) is 21.8. The predicted molar refractivity (Wildman–Crippen MR) is 144 cm³/mol. The average molecular weight is 524 g/mol. The number of fused-ring (bicyclic) bond motifs is 2. The number of halogens is 1. The zero-order valence-corrected chi connectivity index (χ0v) is 22.6. The molecule has 3 aromatic rings. The maximum atomic E-state index is 14.0. The number of carbonyl (C=O) groups is 1. The molecule has 7 heteroatoms. The first-order chi connectivity index (χ1) is 17.6. The van der Waals surface area contributed by atoms with Crippen LogP contribution in [0.1, 0.15) is 67.3 Å². The molecule has 1 saturated heterocycles. The molecule has 2 aliphatic rings. The first-order valence-electron chi connectivity index (χ1n) is 13.1. The molecule has 2 aromatic carbocycles. The number of likely N-dealkylation sites (tertiary alicyclic amines) is 1. The highest BCUT2D eigenvalue weighted by Gasteiger charge is 2.50. The number of benzene rings is 2. The van der Waals surface area contributed by atoms with Gasteiger partial charge >= 0.3 is 5.63 Å². The number of rotatable bonds is 4. The van der Waals surface area contributed by atoms with Gasteiger partial charge in [0.05, 0.1) is 17.0 Å². The van der Waals surface area contributed by atoms with Gasteiger partial charge in [-0.2, -0.15) is 0 Å². The van der Waals surface area contributed by atoms with Crippen LogP contribution in [0.5, 0.6) is 5.75 Å². The highest BCUT2D eigenvalue weighted by molar-refractivity contribution is 6.30. The number of hydrogen-bond acceptors (Lipinski definition) is 5. The molecule has 0 spiro atoms. The zero-order chi connectivity index (χ0) is 26.5. The molecule has 4 atom stereocenters. The third-order valence-corrected chi connectivity index (χ3v) is 8.62. The number of carbonyl (C=O) groups excluding carboxylic acids is 1. The molecule has 196 valence electrons. The predicted octanol–water partition coefficient (Wildman–Crippen LogP) is 6.03. The minimum atomic E-state index is -0.777. The average Bonchev–Trinajstić information content (AvgIpc) is 2.86. The fourth-order valence-electron chi connectivity index (χ4n) is 6.26. The Morgan fingerprint density at radius 2 is 1.86 bits per heavy atom. The van der Waals surface area contributed by atoms with Crippen molar-refractivity contribution >= 4 is 28.5 Å². The maximum absolute atomic E-state index is 14.0. The Morgan fingerprint density at radius 1 is 1.14 bits per heavy atom. The van der Waals surface area contributed by atoms with Crippen LogP contribution in [0.2, 0.25) is 5.02 Å². The molecule has 1 saturated carbocycles. The Morgan fingerprint density at radius 3 is 2.59 bits per heavy atom. The van der Waals surface area contributed by atoms with Crippen molar-refractivity contribution in [3.05, 3.63) is 74.1 Å². The smallest absolute Gasteiger partial charge is 0.339 e. The molecule has 1 aliphatic heterocycles. The summed E-state index contributed by atoms with van der Waals surface area (Å²) in [4.78, 5) is 28.1. The summed E-state index contributed by atoms with van der Waals surface area (Å²) in [7, 11) is 0. The van der Waals surface area contributed by atoms with Crippen LogP contribution in [0.25, 0.3) is 11.0 Å². The van der Waals surface area contributed by atoms with Crippen LogP contribution in [0.3, 0.4) is 0 Å². The molecule has 1 amide bonds. The van der Waals surface area contributed by atoms with Crippen LogP contribution in [0.15, 0.2) is 45.6 Å². The van der Waals surface area contributed by atoms with Crippen molar-refractivity contribution < 1.29 is 19.1 Å². The summed E-state index contributed by atoms with van der Waals surface area (Å²) in [6.07, 6.45) is 3.43. The van der Waals surface area contributed by atoms with Gasteiger partial charge in [-0.3, -0.25) is 4.79 Å². The molecular weight excluding hydrogens is 490 g/mol. The van der Waals surface area contributed by atoms with Gasteiger partial charge in [-0.25, -0.2) is 4.79 Å². The lowest BCUT2D eigenvalue weighted by Gasteiger charge is -2.53.